The maximum absolute atomic E-state index is 12.2. The van der Waals surface area contributed by atoms with Crippen LogP contribution in [0.5, 0.6) is 0 Å². The van der Waals surface area contributed by atoms with E-state index < -0.39 is 11.3 Å². The molecule has 2 fully saturated rings. The predicted molar refractivity (Wildman–Crippen MR) is 74.2 cm³/mol. The summed E-state index contributed by atoms with van der Waals surface area (Å²) in [4.78, 5) is 24.9. The molecule has 1 unspecified atom stereocenters. The van der Waals surface area contributed by atoms with Crippen molar-refractivity contribution in [1.82, 2.24) is 4.90 Å². The molecular formula is C13H21NO5S. The van der Waals surface area contributed by atoms with Crippen molar-refractivity contribution in [1.29, 1.82) is 0 Å². The summed E-state index contributed by atoms with van der Waals surface area (Å²) in [6.45, 7) is 5.79. The predicted octanol–water partition coefficient (Wildman–Crippen LogP) is 0.381. The monoisotopic (exact) mass is 303 g/mol. The van der Waals surface area contributed by atoms with Gasteiger partial charge in [-0.1, -0.05) is 11.8 Å². The summed E-state index contributed by atoms with van der Waals surface area (Å²) in [5.41, 5.74) is -0.835. The van der Waals surface area contributed by atoms with Crippen molar-refractivity contribution >= 4 is 22.8 Å². The number of carbonyl (C=O) groups is 2. The number of carbonyl (C=O) groups excluding carboxylic acids is 2. The molecule has 2 rings (SSSR count). The molecule has 0 aromatic heterocycles. The number of ether oxygens (including phenoxy) is 2. The first-order valence-electron chi connectivity index (χ1n) is 6.64. The van der Waals surface area contributed by atoms with E-state index >= 15 is 0 Å². The van der Waals surface area contributed by atoms with Gasteiger partial charge in [0.25, 0.3) is 0 Å². The molecule has 0 saturated carbocycles. The SMILES string of the molecule is CC(=O)SC1CC(=O)N(C2(CO)COC(C)(C)OC2)C1. The van der Waals surface area contributed by atoms with Crippen LogP contribution in [-0.2, 0) is 19.1 Å². The van der Waals surface area contributed by atoms with Crippen molar-refractivity contribution in [3.63, 3.8) is 0 Å². The maximum Gasteiger partial charge on any atom is 0.224 e. The lowest BCUT2D eigenvalue weighted by atomic mass is 9.99. The minimum atomic E-state index is -0.835. The lowest BCUT2D eigenvalue weighted by molar-refractivity contribution is -0.288. The zero-order valence-electron chi connectivity index (χ0n) is 12.0. The Morgan fingerprint density at radius 1 is 1.45 bits per heavy atom. The van der Waals surface area contributed by atoms with Gasteiger partial charge >= 0.3 is 0 Å². The Hall–Kier alpha value is -0.630. The van der Waals surface area contributed by atoms with Gasteiger partial charge in [-0.05, 0) is 13.8 Å². The fourth-order valence-corrected chi connectivity index (χ4v) is 3.40. The molecule has 2 heterocycles. The van der Waals surface area contributed by atoms with Crippen LogP contribution in [0.15, 0.2) is 0 Å². The number of hydrogen-bond donors (Lipinski definition) is 1. The van der Waals surface area contributed by atoms with Crippen LogP contribution in [0.4, 0.5) is 0 Å². The Morgan fingerprint density at radius 3 is 2.55 bits per heavy atom. The van der Waals surface area contributed by atoms with Gasteiger partial charge in [0.05, 0.1) is 19.8 Å². The Balaban J connectivity index is 2.08. The average molecular weight is 303 g/mol. The highest BCUT2D eigenvalue weighted by atomic mass is 32.2. The summed E-state index contributed by atoms with van der Waals surface area (Å²) in [7, 11) is 0. The van der Waals surface area contributed by atoms with Crippen LogP contribution in [0, 0.1) is 0 Å². The zero-order chi connectivity index (χ0) is 15.0. The van der Waals surface area contributed by atoms with E-state index in [4.69, 9.17) is 9.47 Å². The van der Waals surface area contributed by atoms with Crippen molar-refractivity contribution in [2.24, 2.45) is 0 Å². The maximum atomic E-state index is 12.2. The van der Waals surface area contributed by atoms with Gasteiger partial charge in [-0.3, -0.25) is 9.59 Å². The van der Waals surface area contributed by atoms with Gasteiger partial charge in [0, 0.05) is 25.1 Å². The second-order valence-corrected chi connectivity index (χ2v) is 7.28. The highest BCUT2D eigenvalue weighted by Crippen LogP contribution is 2.34. The van der Waals surface area contributed by atoms with E-state index in [1.165, 1.54) is 18.7 Å². The number of aliphatic hydroxyl groups excluding tert-OH is 1. The summed E-state index contributed by atoms with van der Waals surface area (Å²) in [6.07, 6.45) is 0.315. The van der Waals surface area contributed by atoms with E-state index in [9.17, 15) is 14.7 Å². The smallest absolute Gasteiger partial charge is 0.224 e. The number of hydrogen-bond acceptors (Lipinski definition) is 6. The molecule has 1 N–H and O–H groups in total. The van der Waals surface area contributed by atoms with E-state index in [2.05, 4.69) is 0 Å². The van der Waals surface area contributed by atoms with Crippen LogP contribution in [0.1, 0.15) is 27.2 Å². The number of likely N-dealkylation sites (tertiary alicyclic amines) is 1. The number of rotatable bonds is 3. The van der Waals surface area contributed by atoms with Crippen molar-refractivity contribution in [2.45, 2.75) is 43.8 Å². The van der Waals surface area contributed by atoms with Crippen molar-refractivity contribution in [2.75, 3.05) is 26.4 Å². The minimum Gasteiger partial charge on any atom is -0.394 e. The minimum absolute atomic E-state index is 0.0000223. The molecule has 0 aromatic rings. The third-order valence-electron chi connectivity index (χ3n) is 3.67. The molecule has 0 radical (unpaired) electrons. The van der Waals surface area contributed by atoms with Crippen molar-refractivity contribution in [3.8, 4) is 0 Å². The average Bonchev–Trinajstić information content (AvgIpc) is 2.71. The van der Waals surface area contributed by atoms with E-state index in [1.54, 1.807) is 18.7 Å². The van der Waals surface area contributed by atoms with Gasteiger partial charge in [0.1, 0.15) is 5.54 Å². The molecule has 7 heteroatoms. The normalized spacial score (nSPS) is 28.7. The lowest BCUT2D eigenvalue weighted by Gasteiger charge is -2.47. The summed E-state index contributed by atoms with van der Waals surface area (Å²) in [5.74, 6) is -0.765. The molecule has 2 saturated heterocycles. The number of amides is 1. The van der Waals surface area contributed by atoms with Crippen LogP contribution in [0.3, 0.4) is 0 Å². The molecular weight excluding hydrogens is 282 g/mol. The highest BCUT2D eigenvalue weighted by Gasteiger charge is 2.49. The van der Waals surface area contributed by atoms with Gasteiger partial charge in [-0.15, -0.1) is 0 Å². The largest absolute Gasteiger partial charge is 0.394 e. The van der Waals surface area contributed by atoms with Gasteiger partial charge in [-0.2, -0.15) is 0 Å². The quantitative estimate of drug-likeness (QED) is 0.812. The van der Waals surface area contributed by atoms with Gasteiger partial charge in [-0.25, -0.2) is 0 Å². The Morgan fingerprint density at radius 2 is 2.05 bits per heavy atom. The van der Waals surface area contributed by atoms with E-state index in [1.807, 2.05) is 0 Å². The van der Waals surface area contributed by atoms with Crippen LogP contribution in [0.2, 0.25) is 0 Å². The first-order chi connectivity index (χ1) is 9.28. The standard InChI is InChI=1S/C13H21NO5S/c1-9(16)20-10-4-11(17)14(5-10)13(6-15)7-18-12(2,3)19-8-13/h10,15H,4-8H2,1-3H3. The molecule has 1 atom stereocenters. The topological polar surface area (TPSA) is 76.1 Å². The van der Waals surface area contributed by atoms with E-state index in [0.29, 0.717) is 13.0 Å². The molecule has 0 bridgehead atoms. The molecule has 114 valence electrons. The molecule has 1 amide bonds. The highest BCUT2D eigenvalue weighted by molar-refractivity contribution is 8.14. The van der Waals surface area contributed by atoms with E-state index in [-0.39, 0.29) is 36.1 Å². The van der Waals surface area contributed by atoms with Gasteiger partial charge in [0.2, 0.25) is 5.91 Å². The summed E-state index contributed by atoms with van der Waals surface area (Å²) in [5, 5.41) is 9.67. The fraction of sp³-hybridized carbons (Fsp3) is 0.846. The number of thioether (sulfide) groups is 1. The van der Waals surface area contributed by atoms with Crippen molar-refractivity contribution < 1.29 is 24.2 Å². The molecule has 0 aliphatic carbocycles. The van der Waals surface area contributed by atoms with Crippen LogP contribution < -0.4 is 0 Å². The lowest BCUT2D eigenvalue weighted by Crippen LogP contribution is -2.63. The molecule has 0 spiro atoms. The van der Waals surface area contributed by atoms with Crippen LogP contribution >= 0.6 is 11.8 Å². The van der Waals surface area contributed by atoms with E-state index in [0.717, 1.165) is 0 Å². The molecule has 20 heavy (non-hydrogen) atoms. The van der Waals surface area contributed by atoms with Crippen molar-refractivity contribution in [3.05, 3.63) is 0 Å². The Kier molecular flexibility index (Phi) is 4.44. The Labute approximate surface area is 122 Å². The Bertz CT molecular complexity index is 402. The third-order valence-corrected chi connectivity index (χ3v) is 4.65. The summed E-state index contributed by atoms with van der Waals surface area (Å²) in [6, 6.07) is 0. The molecule has 2 aliphatic heterocycles. The van der Waals surface area contributed by atoms with Crippen LogP contribution in [0.25, 0.3) is 0 Å². The van der Waals surface area contributed by atoms with Gasteiger partial charge < -0.3 is 19.5 Å². The zero-order valence-corrected chi connectivity index (χ0v) is 12.9. The molecule has 6 nitrogen and oxygen atoms in total. The summed E-state index contributed by atoms with van der Waals surface area (Å²) < 4.78 is 11.2. The second kappa shape index (κ2) is 5.63. The second-order valence-electron chi connectivity index (χ2n) is 5.80. The number of nitrogens with zero attached hydrogens (tertiary/aromatic N) is 1. The summed E-state index contributed by atoms with van der Waals surface area (Å²) >= 11 is 1.18. The fourth-order valence-electron chi connectivity index (χ4n) is 2.48. The molecule has 0 aromatic carbocycles. The first-order valence-corrected chi connectivity index (χ1v) is 7.52. The first kappa shape index (κ1) is 15.8. The third kappa shape index (κ3) is 3.16. The van der Waals surface area contributed by atoms with Crippen LogP contribution in [-0.4, -0.2) is 64.0 Å². The van der Waals surface area contributed by atoms with Gasteiger partial charge in [0.15, 0.2) is 10.9 Å². The number of aliphatic hydroxyl groups is 1. The molecule has 2 aliphatic rings.